The summed E-state index contributed by atoms with van der Waals surface area (Å²) in [5.74, 6) is 0.833. The molecule has 0 fully saturated rings. The lowest BCUT2D eigenvalue weighted by atomic mass is 10.1. The van der Waals surface area contributed by atoms with E-state index in [4.69, 9.17) is 4.74 Å². The van der Waals surface area contributed by atoms with Gasteiger partial charge < -0.3 is 10.1 Å². The number of halogens is 1. The van der Waals surface area contributed by atoms with Crippen molar-refractivity contribution in [2.24, 2.45) is 0 Å². The maximum Gasteiger partial charge on any atom is 0.133 e. The zero-order valence-corrected chi connectivity index (χ0v) is 14.8. The van der Waals surface area contributed by atoms with Crippen molar-refractivity contribution in [1.29, 1.82) is 0 Å². The van der Waals surface area contributed by atoms with Crippen molar-refractivity contribution < 1.29 is 4.74 Å². The lowest BCUT2D eigenvalue weighted by Crippen LogP contribution is -2.09. The summed E-state index contributed by atoms with van der Waals surface area (Å²) in [5, 5.41) is 8.11. The van der Waals surface area contributed by atoms with Crippen molar-refractivity contribution in [1.82, 2.24) is 9.78 Å². The molecular weight excluding hydrogens is 330 g/mol. The second-order valence-corrected chi connectivity index (χ2v) is 5.97. The van der Waals surface area contributed by atoms with Crippen LogP contribution in [0.3, 0.4) is 0 Å². The summed E-state index contributed by atoms with van der Waals surface area (Å²) in [4.78, 5) is 0. The van der Waals surface area contributed by atoms with Crippen LogP contribution in [-0.4, -0.2) is 16.9 Å². The SMILES string of the molecule is CCn1nc(C)c(C(C)Nc2ccc(OC)c(Br)c2)c1C. The molecule has 0 amide bonds. The van der Waals surface area contributed by atoms with E-state index < -0.39 is 0 Å². The van der Waals surface area contributed by atoms with E-state index in [0.29, 0.717) is 0 Å². The molecule has 0 saturated heterocycles. The molecule has 2 rings (SSSR count). The number of ether oxygens (including phenoxy) is 1. The highest BCUT2D eigenvalue weighted by atomic mass is 79.9. The summed E-state index contributed by atoms with van der Waals surface area (Å²) < 4.78 is 8.25. The number of methoxy groups -OCH3 is 1. The molecule has 0 aliphatic rings. The van der Waals surface area contributed by atoms with Crippen molar-refractivity contribution >= 4 is 21.6 Å². The van der Waals surface area contributed by atoms with Gasteiger partial charge >= 0.3 is 0 Å². The summed E-state index contributed by atoms with van der Waals surface area (Å²) in [5.41, 5.74) is 4.63. The number of hydrogen-bond acceptors (Lipinski definition) is 3. The Hall–Kier alpha value is -1.49. The van der Waals surface area contributed by atoms with Crippen LogP contribution in [0.2, 0.25) is 0 Å². The van der Waals surface area contributed by atoms with Crippen molar-refractivity contribution in [2.75, 3.05) is 12.4 Å². The van der Waals surface area contributed by atoms with E-state index in [1.165, 1.54) is 11.3 Å². The molecule has 21 heavy (non-hydrogen) atoms. The predicted molar refractivity (Wildman–Crippen MR) is 90.1 cm³/mol. The van der Waals surface area contributed by atoms with Gasteiger partial charge in [0.15, 0.2) is 0 Å². The van der Waals surface area contributed by atoms with E-state index in [2.05, 4.69) is 54.0 Å². The lowest BCUT2D eigenvalue weighted by Gasteiger charge is -2.17. The van der Waals surface area contributed by atoms with Gasteiger partial charge in [-0.05, 0) is 61.8 Å². The van der Waals surface area contributed by atoms with Gasteiger partial charge in [-0.1, -0.05) is 0 Å². The molecule has 0 bridgehead atoms. The molecule has 2 aromatic rings. The highest BCUT2D eigenvalue weighted by molar-refractivity contribution is 9.10. The molecule has 4 nitrogen and oxygen atoms in total. The zero-order chi connectivity index (χ0) is 15.6. The van der Waals surface area contributed by atoms with Gasteiger partial charge in [0.05, 0.1) is 23.3 Å². The molecule has 114 valence electrons. The molecule has 5 heteroatoms. The second kappa shape index (κ2) is 6.52. The van der Waals surface area contributed by atoms with Crippen LogP contribution in [0, 0.1) is 13.8 Å². The van der Waals surface area contributed by atoms with E-state index in [1.54, 1.807) is 7.11 Å². The molecule has 0 aliphatic heterocycles. The molecule has 1 unspecified atom stereocenters. The third-order valence-electron chi connectivity index (χ3n) is 3.70. The quantitative estimate of drug-likeness (QED) is 0.863. The summed E-state index contributed by atoms with van der Waals surface area (Å²) in [6.07, 6.45) is 0. The Kier molecular flexibility index (Phi) is 4.93. The third-order valence-corrected chi connectivity index (χ3v) is 4.32. The number of aromatic nitrogens is 2. The molecule has 0 spiro atoms. The van der Waals surface area contributed by atoms with Gasteiger partial charge in [0.2, 0.25) is 0 Å². The van der Waals surface area contributed by atoms with Gasteiger partial charge in [0.25, 0.3) is 0 Å². The van der Waals surface area contributed by atoms with Crippen LogP contribution in [0.5, 0.6) is 5.75 Å². The summed E-state index contributed by atoms with van der Waals surface area (Å²) in [6, 6.07) is 6.21. The number of nitrogens with one attached hydrogen (secondary N) is 1. The lowest BCUT2D eigenvalue weighted by molar-refractivity contribution is 0.412. The average Bonchev–Trinajstić information content (AvgIpc) is 2.73. The van der Waals surface area contributed by atoms with Crippen molar-refractivity contribution in [3.05, 3.63) is 39.6 Å². The standard InChI is InChI=1S/C16H22BrN3O/c1-6-20-12(4)16(11(3)19-20)10(2)18-13-7-8-15(21-5)14(17)9-13/h7-10,18H,6H2,1-5H3. The number of anilines is 1. The number of hydrogen-bond donors (Lipinski definition) is 1. The molecule has 1 aromatic heterocycles. The topological polar surface area (TPSA) is 39.1 Å². The van der Waals surface area contributed by atoms with Crippen LogP contribution in [-0.2, 0) is 6.54 Å². The van der Waals surface area contributed by atoms with Gasteiger partial charge in [-0.25, -0.2) is 0 Å². The van der Waals surface area contributed by atoms with E-state index in [9.17, 15) is 0 Å². The maximum absolute atomic E-state index is 5.26. The van der Waals surface area contributed by atoms with E-state index in [1.807, 2.05) is 22.9 Å². The van der Waals surface area contributed by atoms with Gasteiger partial charge in [-0.15, -0.1) is 0 Å². The van der Waals surface area contributed by atoms with Gasteiger partial charge in [-0.3, -0.25) is 4.68 Å². The highest BCUT2D eigenvalue weighted by Gasteiger charge is 2.17. The number of nitrogens with zero attached hydrogens (tertiary/aromatic N) is 2. The first-order valence-electron chi connectivity index (χ1n) is 7.11. The Balaban J connectivity index is 2.24. The molecular formula is C16H22BrN3O. The minimum Gasteiger partial charge on any atom is -0.496 e. The predicted octanol–water partition coefficient (Wildman–Crippen LogP) is 4.46. The van der Waals surface area contributed by atoms with Gasteiger partial charge in [0.1, 0.15) is 5.75 Å². The summed E-state index contributed by atoms with van der Waals surface area (Å²) >= 11 is 3.52. The van der Waals surface area contributed by atoms with E-state index in [0.717, 1.165) is 28.1 Å². The summed E-state index contributed by atoms with van der Waals surface area (Å²) in [7, 11) is 1.67. The van der Waals surface area contributed by atoms with Crippen LogP contribution in [0.4, 0.5) is 5.69 Å². The normalized spacial score (nSPS) is 12.3. The number of rotatable bonds is 5. The van der Waals surface area contributed by atoms with Gasteiger partial charge in [0, 0.05) is 23.5 Å². The average molecular weight is 352 g/mol. The van der Waals surface area contributed by atoms with Crippen molar-refractivity contribution in [3.63, 3.8) is 0 Å². The molecule has 0 aliphatic carbocycles. The first-order chi connectivity index (χ1) is 9.97. The Morgan fingerprint density at radius 3 is 2.62 bits per heavy atom. The smallest absolute Gasteiger partial charge is 0.133 e. The van der Waals surface area contributed by atoms with Crippen LogP contribution in [0.1, 0.15) is 36.8 Å². The van der Waals surface area contributed by atoms with E-state index in [-0.39, 0.29) is 6.04 Å². The van der Waals surface area contributed by atoms with Crippen LogP contribution in [0.15, 0.2) is 22.7 Å². The van der Waals surface area contributed by atoms with Crippen molar-refractivity contribution in [3.8, 4) is 5.75 Å². The van der Waals surface area contributed by atoms with E-state index >= 15 is 0 Å². The minimum absolute atomic E-state index is 0.200. The van der Waals surface area contributed by atoms with Crippen molar-refractivity contribution in [2.45, 2.75) is 40.3 Å². The monoisotopic (exact) mass is 351 g/mol. The zero-order valence-electron chi connectivity index (χ0n) is 13.2. The number of benzene rings is 1. The molecule has 1 N–H and O–H groups in total. The first-order valence-corrected chi connectivity index (χ1v) is 7.91. The van der Waals surface area contributed by atoms with Crippen LogP contribution < -0.4 is 10.1 Å². The highest BCUT2D eigenvalue weighted by Crippen LogP contribution is 2.30. The number of aryl methyl sites for hydroxylation is 2. The molecule has 0 saturated carbocycles. The Bertz CT molecular complexity index is 637. The van der Waals surface area contributed by atoms with Crippen LogP contribution in [0.25, 0.3) is 0 Å². The second-order valence-electron chi connectivity index (χ2n) is 5.12. The molecule has 0 radical (unpaired) electrons. The largest absolute Gasteiger partial charge is 0.496 e. The fourth-order valence-electron chi connectivity index (χ4n) is 2.72. The Labute approximate surface area is 134 Å². The Morgan fingerprint density at radius 2 is 2.10 bits per heavy atom. The fourth-order valence-corrected chi connectivity index (χ4v) is 3.26. The molecule has 1 atom stereocenters. The maximum atomic E-state index is 5.26. The molecule has 1 aromatic carbocycles. The summed E-state index contributed by atoms with van der Waals surface area (Å²) in [6.45, 7) is 9.36. The van der Waals surface area contributed by atoms with Gasteiger partial charge in [-0.2, -0.15) is 5.10 Å². The van der Waals surface area contributed by atoms with Crippen LogP contribution >= 0.6 is 15.9 Å². The fraction of sp³-hybridized carbons (Fsp3) is 0.438. The third kappa shape index (κ3) is 3.23. The first kappa shape index (κ1) is 15.9. The Morgan fingerprint density at radius 1 is 1.38 bits per heavy atom. The minimum atomic E-state index is 0.200. The molecule has 1 heterocycles.